The van der Waals surface area contributed by atoms with E-state index < -0.39 is 5.97 Å². The van der Waals surface area contributed by atoms with Crippen molar-refractivity contribution in [1.82, 2.24) is 0 Å². The van der Waals surface area contributed by atoms with E-state index in [-0.39, 0.29) is 34.7 Å². The van der Waals surface area contributed by atoms with Gasteiger partial charge in [0.15, 0.2) is 11.0 Å². The highest BCUT2D eigenvalue weighted by Crippen LogP contribution is 2.24. The molecule has 0 aliphatic rings. The predicted octanol–water partition coefficient (Wildman–Crippen LogP) is 5.57. The summed E-state index contributed by atoms with van der Waals surface area (Å²) in [5.74, 6) is -0.583. The number of hydrogen-bond donors (Lipinski definition) is 1. The normalized spacial score (nSPS) is 10.7. The third kappa shape index (κ3) is 6.44. The lowest BCUT2D eigenvalue weighted by Gasteiger charge is -2.10. The molecule has 0 saturated heterocycles. The van der Waals surface area contributed by atoms with Gasteiger partial charge in [-0.2, -0.15) is 0 Å². The highest BCUT2D eigenvalue weighted by Gasteiger charge is 2.17. The molecule has 3 aromatic rings. The second-order valence-corrected chi connectivity index (χ2v) is 7.68. The van der Waals surface area contributed by atoms with Crippen LogP contribution in [0.2, 0.25) is 0 Å². The average Bonchev–Trinajstić information content (AvgIpc) is 2.82. The van der Waals surface area contributed by atoms with Gasteiger partial charge in [-0.25, -0.2) is 4.79 Å². The molecule has 0 aliphatic heterocycles. The van der Waals surface area contributed by atoms with Crippen LogP contribution in [0.25, 0.3) is 11.0 Å². The highest BCUT2D eigenvalue weighted by atomic mass is 16.5. The molecule has 2 aromatic carbocycles. The zero-order chi connectivity index (χ0) is 23.6. The summed E-state index contributed by atoms with van der Waals surface area (Å²) in [4.78, 5) is 37.6. The third-order valence-electron chi connectivity index (χ3n) is 5.07. The molecule has 0 saturated carbocycles. The molecule has 7 heteroatoms. The van der Waals surface area contributed by atoms with Gasteiger partial charge in [0, 0.05) is 11.6 Å². The summed E-state index contributed by atoms with van der Waals surface area (Å²) in [5, 5.41) is 3.02. The molecule has 7 nitrogen and oxygen atoms in total. The molecule has 1 N–H and O–H groups in total. The van der Waals surface area contributed by atoms with Crippen molar-refractivity contribution in [1.29, 1.82) is 0 Å². The lowest BCUT2D eigenvalue weighted by molar-refractivity contribution is 0.0462. The van der Waals surface area contributed by atoms with E-state index in [9.17, 15) is 14.4 Å². The zero-order valence-corrected chi connectivity index (χ0v) is 19.0. The minimum Gasteiger partial charge on any atom is -0.494 e. The molecule has 174 valence electrons. The monoisotopic (exact) mass is 451 g/mol. The summed E-state index contributed by atoms with van der Waals surface area (Å²) in [6, 6.07) is 12.8. The van der Waals surface area contributed by atoms with Crippen molar-refractivity contribution in [3.05, 3.63) is 70.1 Å². The van der Waals surface area contributed by atoms with Gasteiger partial charge in [-0.15, -0.1) is 0 Å². The first-order chi connectivity index (χ1) is 16.0. The molecule has 0 unspecified atom stereocenters. The van der Waals surface area contributed by atoms with E-state index in [0.717, 1.165) is 38.2 Å². The van der Waals surface area contributed by atoms with Crippen LogP contribution in [-0.2, 0) is 4.74 Å². The smallest absolute Gasteiger partial charge is 0.374 e. The van der Waals surface area contributed by atoms with Crippen LogP contribution in [0.4, 0.5) is 5.69 Å². The molecule has 3 rings (SSSR count). The lowest BCUT2D eigenvalue weighted by atomic mass is 10.1. The number of esters is 1. The maximum absolute atomic E-state index is 12.8. The molecule has 33 heavy (non-hydrogen) atoms. The van der Waals surface area contributed by atoms with Crippen molar-refractivity contribution in [3.63, 3.8) is 0 Å². The van der Waals surface area contributed by atoms with Crippen LogP contribution in [0.3, 0.4) is 0 Å². The minimum absolute atomic E-state index is 0.123. The van der Waals surface area contributed by atoms with Gasteiger partial charge in [-0.3, -0.25) is 9.59 Å². The fraction of sp³-hybridized carbons (Fsp3) is 0.346. The van der Waals surface area contributed by atoms with Gasteiger partial charge in [0.2, 0.25) is 5.76 Å². The van der Waals surface area contributed by atoms with Crippen LogP contribution in [-0.4, -0.2) is 25.1 Å². The van der Waals surface area contributed by atoms with Crippen LogP contribution in [0.15, 0.2) is 57.7 Å². The first-order valence-electron chi connectivity index (χ1n) is 11.3. The van der Waals surface area contributed by atoms with Crippen molar-refractivity contribution in [2.24, 2.45) is 0 Å². The summed E-state index contributed by atoms with van der Waals surface area (Å²) in [5.41, 5.74) is 0.446. The number of unbranched alkanes of at least 4 members (excludes halogenated alkanes) is 3. The number of para-hydroxylation sites is 1. The van der Waals surface area contributed by atoms with E-state index >= 15 is 0 Å². The maximum Gasteiger partial charge on any atom is 0.374 e. The number of benzene rings is 2. The van der Waals surface area contributed by atoms with Crippen molar-refractivity contribution >= 4 is 28.5 Å². The fourth-order valence-electron chi connectivity index (χ4n) is 3.20. The number of ether oxygens (including phenoxy) is 2. The van der Waals surface area contributed by atoms with Crippen LogP contribution in [0.5, 0.6) is 5.75 Å². The van der Waals surface area contributed by atoms with Gasteiger partial charge in [-0.05, 0) is 49.2 Å². The number of rotatable bonds is 11. The van der Waals surface area contributed by atoms with Gasteiger partial charge >= 0.3 is 5.97 Å². The van der Waals surface area contributed by atoms with Gasteiger partial charge < -0.3 is 19.2 Å². The number of fused-ring (bicyclic) bond motifs is 1. The Morgan fingerprint density at radius 1 is 0.939 bits per heavy atom. The van der Waals surface area contributed by atoms with E-state index in [1.54, 1.807) is 42.5 Å². The van der Waals surface area contributed by atoms with Crippen LogP contribution >= 0.6 is 0 Å². The SMILES string of the molecule is CCCCCOC(=O)c1cc(=O)c2cccc(NC(=O)c3ccc(OCCCC)cc3)c2o1. The second-order valence-electron chi connectivity index (χ2n) is 7.68. The molecule has 0 bridgehead atoms. The van der Waals surface area contributed by atoms with E-state index in [4.69, 9.17) is 13.9 Å². The molecule has 1 amide bonds. The quantitative estimate of drug-likeness (QED) is 0.302. The largest absolute Gasteiger partial charge is 0.494 e. The summed E-state index contributed by atoms with van der Waals surface area (Å²) in [7, 11) is 0. The molecule has 1 aromatic heterocycles. The van der Waals surface area contributed by atoms with Gasteiger partial charge in [0.05, 0.1) is 24.3 Å². The molecule has 0 fully saturated rings. The molecule has 0 radical (unpaired) electrons. The number of amides is 1. The second kappa shape index (κ2) is 11.9. The lowest BCUT2D eigenvalue weighted by Crippen LogP contribution is -2.14. The number of carbonyl (C=O) groups is 2. The molecular formula is C26H29NO6. The van der Waals surface area contributed by atoms with E-state index in [1.165, 1.54) is 0 Å². The third-order valence-corrected chi connectivity index (χ3v) is 5.07. The molecule has 0 atom stereocenters. The van der Waals surface area contributed by atoms with E-state index in [0.29, 0.717) is 23.6 Å². The van der Waals surface area contributed by atoms with Crippen molar-refractivity contribution < 1.29 is 23.5 Å². The Morgan fingerprint density at radius 2 is 1.70 bits per heavy atom. The Kier molecular flexibility index (Phi) is 8.63. The van der Waals surface area contributed by atoms with Crippen LogP contribution in [0, 0.1) is 0 Å². The Bertz CT molecular complexity index is 1150. The number of anilines is 1. The molecule has 0 spiro atoms. The standard InChI is InChI=1S/C26H29NO6/c1-3-5-7-16-32-26(30)23-17-22(28)20-9-8-10-21(24(20)33-23)27-25(29)18-11-13-19(14-12-18)31-15-6-4-2/h8-14,17H,3-7,15-16H2,1-2H3,(H,27,29). The van der Waals surface area contributed by atoms with Gasteiger partial charge in [0.1, 0.15) is 5.75 Å². The zero-order valence-electron chi connectivity index (χ0n) is 19.0. The minimum atomic E-state index is -0.704. The first kappa shape index (κ1) is 24.0. The maximum atomic E-state index is 12.8. The highest BCUT2D eigenvalue weighted by molar-refractivity contribution is 6.08. The van der Waals surface area contributed by atoms with Gasteiger partial charge in [0.25, 0.3) is 5.91 Å². The molecular weight excluding hydrogens is 422 g/mol. The van der Waals surface area contributed by atoms with Crippen LogP contribution in [0.1, 0.15) is 66.9 Å². The molecule has 1 heterocycles. The number of hydrogen-bond acceptors (Lipinski definition) is 6. The Labute approximate surface area is 192 Å². The van der Waals surface area contributed by atoms with Crippen LogP contribution < -0.4 is 15.5 Å². The summed E-state index contributed by atoms with van der Waals surface area (Å²) in [6.45, 7) is 5.02. The first-order valence-corrected chi connectivity index (χ1v) is 11.3. The van der Waals surface area contributed by atoms with E-state index in [2.05, 4.69) is 19.2 Å². The van der Waals surface area contributed by atoms with Gasteiger partial charge in [-0.1, -0.05) is 39.2 Å². The van der Waals surface area contributed by atoms with Crippen molar-refractivity contribution in [2.45, 2.75) is 46.0 Å². The Hall–Kier alpha value is -3.61. The molecule has 0 aliphatic carbocycles. The Morgan fingerprint density at radius 3 is 2.42 bits per heavy atom. The van der Waals surface area contributed by atoms with Crippen molar-refractivity contribution in [3.8, 4) is 5.75 Å². The number of nitrogens with one attached hydrogen (secondary N) is 1. The summed E-state index contributed by atoms with van der Waals surface area (Å²) >= 11 is 0. The Balaban J connectivity index is 1.78. The predicted molar refractivity (Wildman–Crippen MR) is 127 cm³/mol. The topological polar surface area (TPSA) is 94.8 Å². The van der Waals surface area contributed by atoms with E-state index in [1.807, 2.05) is 0 Å². The fourth-order valence-corrected chi connectivity index (χ4v) is 3.20. The van der Waals surface area contributed by atoms with Crippen molar-refractivity contribution in [2.75, 3.05) is 18.5 Å². The average molecular weight is 452 g/mol. The number of carbonyl (C=O) groups excluding carboxylic acids is 2. The summed E-state index contributed by atoms with van der Waals surface area (Å²) in [6.07, 6.45) is 4.68. The summed E-state index contributed by atoms with van der Waals surface area (Å²) < 4.78 is 16.5.